The van der Waals surface area contributed by atoms with E-state index in [9.17, 15) is 0 Å². The Morgan fingerprint density at radius 1 is 1.00 bits per heavy atom. The molecule has 0 radical (unpaired) electrons. The minimum absolute atomic E-state index is 0.282. The van der Waals surface area contributed by atoms with Crippen LogP contribution in [0.1, 0.15) is 46.1 Å². The van der Waals surface area contributed by atoms with Crippen LogP contribution in [-0.4, -0.2) is 22.2 Å². The molecule has 0 bridgehead atoms. The van der Waals surface area contributed by atoms with Crippen LogP contribution in [0, 0.1) is 10.2 Å². The van der Waals surface area contributed by atoms with E-state index >= 15 is 0 Å². The Morgan fingerprint density at radius 3 is 2.23 bits per heavy atom. The summed E-state index contributed by atoms with van der Waals surface area (Å²) in [6.07, 6.45) is 4.36. The van der Waals surface area contributed by atoms with E-state index < -0.39 is 10.2 Å². The highest BCUT2D eigenvalue weighted by Gasteiger charge is 2.40. The van der Waals surface area contributed by atoms with Crippen LogP contribution < -0.4 is 18.9 Å². The smallest absolute Gasteiger partial charge is 0.0777 e. The Hall–Kier alpha value is -2.22. The van der Waals surface area contributed by atoms with Gasteiger partial charge in [0.25, 0.3) is 0 Å². The lowest BCUT2D eigenvalue weighted by molar-refractivity contribution is -1.92. The number of pyridine rings is 1. The summed E-state index contributed by atoms with van der Waals surface area (Å²) in [5.74, 6) is 0. The second kappa shape index (κ2) is 10.9. The minimum Gasteiger partial charge on any atom is -0.368 e. The van der Waals surface area contributed by atoms with Crippen LogP contribution in [-0.2, 0) is 5.41 Å². The highest BCUT2D eigenvalue weighted by atomic mass is 35.7. The molecule has 3 aromatic rings. The van der Waals surface area contributed by atoms with Crippen molar-refractivity contribution in [2.45, 2.75) is 52.0 Å². The van der Waals surface area contributed by atoms with Crippen molar-refractivity contribution in [1.82, 2.24) is 4.98 Å². The van der Waals surface area contributed by atoms with Crippen LogP contribution in [0.25, 0.3) is 10.9 Å². The normalized spacial score (nSPS) is 16.6. The van der Waals surface area contributed by atoms with E-state index in [0.29, 0.717) is 6.04 Å². The average molecular weight is 447 g/mol. The van der Waals surface area contributed by atoms with Crippen molar-refractivity contribution >= 4 is 16.6 Å². The standard InChI is InChI=1S/C15H23N.C9H7N.ClHO4/c1-5-6-11-16-12(2)15(3,4)13-9-7-8-10-14(13)16;1-2-6-9-8(4-1)5-3-7-10-9;2-1(3,4)5/h7-10,12H,5-6,11H2,1-4H3;1-7H;(H,2,3,4,5). The predicted octanol–water partition coefficient (Wildman–Crippen LogP) is 2.08. The van der Waals surface area contributed by atoms with Gasteiger partial charge in [-0.1, -0.05) is 69.7 Å². The number of benzene rings is 2. The molecule has 1 aliphatic heterocycles. The fourth-order valence-corrected chi connectivity index (χ4v) is 3.75. The largest absolute Gasteiger partial charge is 0.368 e. The summed E-state index contributed by atoms with van der Waals surface area (Å²) < 4.78 is 32.7. The molecule has 1 N–H and O–H groups in total. The number of unbranched alkanes of at least 4 members (excludes halogenated alkanes) is 1. The zero-order valence-corrected chi connectivity index (χ0v) is 19.2. The van der Waals surface area contributed by atoms with Gasteiger partial charge >= 0.3 is 0 Å². The first-order valence-corrected chi connectivity index (χ1v) is 11.6. The van der Waals surface area contributed by atoms with E-state index in [2.05, 4.69) is 74.0 Å². The molecule has 31 heavy (non-hydrogen) atoms. The predicted molar refractivity (Wildman–Crippen MR) is 115 cm³/mol. The molecule has 0 saturated heterocycles. The van der Waals surface area contributed by atoms with Crippen molar-refractivity contribution in [3.05, 3.63) is 72.4 Å². The molecule has 1 aliphatic rings. The first-order chi connectivity index (χ1) is 14.6. The maximum atomic E-state index is 8.60. The second-order valence-electron chi connectivity index (χ2n) is 8.05. The molecular formula is C24H31ClN2O4. The lowest BCUT2D eigenvalue weighted by Crippen LogP contribution is -2.58. The van der Waals surface area contributed by atoms with Crippen molar-refractivity contribution < 1.29 is 28.9 Å². The summed E-state index contributed by atoms with van der Waals surface area (Å²) in [6, 6.07) is 21.6. The van der Waals surface area contributed by atoms with Gasteiger partial charge in [0.05, 0.1) is 20.4 Å². The first-order valence-electron chi connectivity index (χ1n) is 10.3. The summed E-state index contributed by atoms with van der Waals surface area (Å²) in [6.45, 7) is 10.5. The maximum Gasteiger partial charge on any atom is 0.0777 e. The molecule has 0 aliphatic carbocycles. The summed E-state index contributed by atoms with van der Waals surface area (Å²) in [5, 5.41) is 1.20. The summed E-state index contributed by atoms with van der Waals surface area (Å²) >= 11 is 0. The van der Waals surface area contributed by atoms with Crippen molar-refractivity contribution in [1.29, 1.82) is 0 Å². The molecule has 1 atom stereocenters. The average Bonchev–Trinajstić information content (AvgIpc) is 2.92. The van der Waals surface area contributed by atoms with Gasteiger partial charge in [0, 0.05) is 35.3 Å². The summed E-state index contributed by atoms with van der Waals surface area (Å²) in [5.41, 5.74) is 4.31. The number of halogens is 1. The quantitative estimate of drug-likeness (QED) is 0.660. The highest BCUT2D eigenvalue weighted by molar-refractivity contribution is 5.77. The van der Waals surface area contributed by atoms with Gasteiger partial charge < -0.3 is 4.90 Å². The third-order valence-corrected chi connectivity index (χ3v) is 5.68. The van der Waals surface area contributed by atoms with Crippen molar-refractivity contribution in [2.24, 2.45) is 0 Å². The number of aromatic nitrogens is 1. The third kappa shape index (κ3) is 7.16. The third-order valence-electron chi connectivity index (χ3n) is 5.68. The molecule has 7 heteroatoms. The molecular weight excluding hydrogens is 416 g/mol. The molecule has 0 spiro atoms. The van der Waals surface area contributed by atoms with E-state index in [0.717, 1.165) is 5.52 Å². The SMILES string of the molecule is CCCCN1c2ccccc2C(C)(C)C1C.[O-][Cl+3]([O-])([O-])O.c1ccc2ncccc2c1. The molecule has 0 fully saturated rings. The van der Waals surface area contributed by atoms with Gasteiger partial charge in [0.1, 0.15) is 0 Å². The van der Waals surface area contributed by atoms with Gasteiger partial charge in [-0.3, -0.25) is 4.98 Å². The number of hydrogen-bond donors (Lipinski definition) is 1. The molecule has 2 aromatic carbocycles. The van der Waals surface area contributed by atoms with Crippen LogP contribution in [0.15, 0.2) is 66.9 Å². The maximum absolute atomic E-state index is 8.60. The zero-order chi connectivity index (χ0) is 23.1. The summed E-state index contributed by atoms with van der Waals surface area (Å²) in [4.78, 5) is 6.76. The van der Waals surface area contributed by atoms with Gasteiger partial charge in [-0.25, -0.2) is 0 Å². The number of nitrogens with zero attached hydrogens (tertiary/aromatic N) is 2. The van der Waals surface area contributed by atoms with Gasteiger partial charge in [-0.05, 0) is 37.1 Å². The van der Waals surface area contributed by atoms with E-state index in [1.807, 2.05) is 30.5 Å². The molecule has 2 heterocycles. The topological polar surface area (TPSA) is 106 Å². The molecule has 4 rings (SSSR count). The fourth-order valence-electron chi connectivity index (χ4n) is 3.75. The molecule has 1 unspecified atom stereocenters. The van der Waals surface area contributed by atoms with Gasteiger partial charge in [-0.2, -0.15) is 14.0 Å². The number of fused-ring (bicyclic) bond motifs is 2. The second-order valence-corrected chi connectivity index (χ2v) is 8.85. The zero-order valence-electron chi connectivity index (χ0n) is 18.5. The minimum atomic E-state index is -4.69. The number of anilines is 1. The molecule has 168 valence electrons. The Bertz CT molecular complexity index is 888. The van der Waals surface area contributed by atoms with Crippen LogP contribution in [0.3, 0.4) is 0 Å². The number of rotatable bonds is 3. The number of hydrogen-bond acceptors (Lipinski definition) is 6. The fraction of sp³-hybridized carbons (Fsp3) is 0.375. The first kappa shape index (κ1) is 25.0. The monoisotopic (exact) mass is 446 g/mol. The Morgan fingerprint density at radius 2 is 1.58 bits per heavy atom. The van der Waals surface area contributed by atoms with E-state index in [1.165, 1.54) is 36.0 Å². The molecule has 0 saturated carbocycles. The van der Waals surface area contributed by atoms with Crippen LogP contribution in [0.2, 0.25) is 0 Å². The van der Waals surface area contributed by atoms with Gasteiger partial charge in [-0.15, -0.1) is 0 Å². The Kier molecular flexibility index (Phi) is 8.79. The van der Waals surface area contributed by atoms with Crippen molar-refractivity contribution in [2.75, 3.05) is 11.4 Å². The van der Waals surface area contributed by atoms with Crippen LogP contribution in [0.4, 0.5) is 5.69 Å². The molecule has 1 aromatic heterocycles. The van der Waals surface area contributed by atoms with Crippen molar-refractivity contribution in [3.8, 4) is 0 Å². The number of para-hydroxylation sites is 2. The Balaban J connectivity index is 0.000000193. The lowest BCUT2D eigenvalue weighted by atomic mass is 9.81. The molecule has 6 nitrogen and oxygen atoms in total. The van der Waals surface area contributed by atoms with Gasteiger partial charge in [0.2, 0.25) is 0 Å². The van der Waals surface area contributed by atoms with E-state index in [4.69, 9.17) is 18.6 Å². The Labute approximate surface area is 186 Å². The van der Waals surface area contributed by atoms with E-state index in [-0.39, 0.29) is 5.41 Å². The van der Waals surface area contributed by atoms with Crippen LogP contribution in [0.5, 0.6) is 0 Å². The van der Waals surface area contributed by atoms with Gasteiger partial charge in [0.15, 0.2) is 0 Å². The summed E-state index contributed by atoms with van der Waals surface area (Å²) in [7, 11) is -4.69. The van der Waals surface area contributed by atoms with Crippen molar-refractivity contribution in [3.63, 3.8) is 0 Å². The highest BCUT2D eigenvalue weighted by Crippen LogP contribution is 2.44. The molecule has 0 amide bonds. The van der Waals surface area contributed by atoms with E-state index in [1.54, 1.807) is 0 Å². The van der Waals surface area contributed by atoms with Crippen LogP contribution >= 0.6 is 0 Å². The lowest BCUT2D eigenvalue weighted by Gasteiger charge is -2.31.